The summed E-state index contributed by atoms with van der Waals surface area (Å²) in [4.78, 5) is 12.7. The van der Waals surface area contributed by atoms with E-state index in [0.717, 1.165) is 11.5 Å². The molecule has 0 aliphatic heterocycles. The minimum atomic E-state index is -0.796. The van der Waals surface area contributed by atoms with Crippen molar-refractivity contribution in [1.29, 1.82) is 5.26 Å². The number of nitrogens with zero attached hydrogens (tertiary/aromatic N) is 3. The highest BCUT2D eigenvalue weighted by Gasteiger charge is 2.30. The number of nitrogens with one attached hydrogen (secondary N) is 1. The molecule has 1 N–H and O–H groups in total. The molecule has 0 fully saturated rings. The number of hydrogen-bond acceptors (Lipinski definition) is 5. The van der Waals surface area contributed by atoms with Gasteiger partial charge < -0.3 is 5.32 Å². The highest BCUT2D eigenvalue weighted by Crippen LogP contribution is 2.21. The minimum Gasteiger partial charge on any atom is -0.333 e. The summed E-state index contributed by atoms with van der Waals surface area (Å²) < 4.78 is 3.82. The fourth-order valence-corrected chi connectivity index (χ4v) is 2.33. The Labute approximate surface area is 111 Å². The highest BCUT2D eigenvalue weighted by atomic mass is 32.1. The standard InChI is InChI=1S/C12H18N4OS/c1-5-12(6-2,7-13)14-11(17)10-9(8(3)4)15-16-18-10/h8H,5-6H2,1-4H3,(H,14,17). The van der Waals surface area contributed by atoms with Crippen LogP contribution in [0.3, 0.4) is 0 Å². The van der Waals surface area contributed by atoms with Crippen molar-refractivity contribution < 1.29 is 4.79 Å². The van der Waals surface area contributed by atoms with Crippen LogP contribution in [-0.4, -0.2) is 21.0 Å². The van der Waals surface area contributed by atoms with Crippen LogP contribution in [-0.2, 0) is 0 Å². The predicted octanol–water partition coefficient (Wildman–Crippen LogP) is 2.47. The molecule has 6 heteroatoms. The van der Waals surface area contributed by atoms with Gasteiger partial charge in [0.2, 0.25) is 0 Å². The Morgan fingerprint density at radius 3 is 2.56 bits per heavy atom. The summed E-state index contributed by atoms with van der Waals surface area (Å²) in [5.74, 6) is -0.108. The Morgan fingerprint density at radius 1 is 1.50 bits per heavy atom. The van der Waals surface area contributed by atoms with E-state index in [2.05, 4.69) is 21.0 Å². The Kier molecular flexibility index (Phi) is 4.79. The molecule has 0 saturated carbocycles. The van der Waals surface area contributed by atoms with Crippen molar-refractivity contribution in [1.82, 2.24) is 14.9 Å². The average molecular weight is 266 g/mol. The fraction of sp³-hybridized carbons (Fsp3) is 0.667. The van der Waals surface area contributed by atoms with E-state index in [1.807, 2.05) is 27.7 Å². The number of rotatable bonds is 5. The lowest BCUT2D eigenvalue weighted by Gasteiger charge is -2.24. The molecule has 0 atom stereocenters. The monoisotopic (exact) mass is 266 g/mol. The molecule has 18 heavy (non-hydrogen) atoms. The Bertz CT molecular complexity index is 457. The molecular weight excluding hydrogens is 248 g/mol. The molecule has 1 aromatic heterocycles. The summed E-state index contributed by atoms with van der Waals surface area (Å²) >= 11 is 1.08. The SMILES string of the molecule is CCC(C#N)(CC)NC(=O)c1snnc1C(C)C. The van der Waals surface area contributed by atoms with Gasteiger partial charge in [-0.2, -0.15) is 5.26 Å². The van der Waals surface area contributed by atoms with Gasteiger partial charge in [0.25, 0.3) is 5.91 Å². The zero-order valence-electron chi connectivity index (χ0n) is 11.1. The van der Waals surface area contributed by atoms with E-state index in [1.165, 1.54) is 0 Å². The predicted molar refractivity (Wildman–Crippen MR) is 70.4 cm³/mol. The van der Waals surface area contributed by atoms with Crippen LogP contribution in [0.1, 0.15) is 61.8 Å². The van der Waals surface area contributed by atoms with Crippen molar-refractivity contribution in [2.24, 2.45) is 0 Å². The van der Waals surface area contributed by atoms with Gasteiger partial charge in [-0.1, -0.05) is 32.2 Å². The lowest BCUT2D eigenvalue weighted by Crippen LogP contribution is -2.46. The molecule has 0 aliphatic rings. The zero-order valence-corrected chi connectivity index (χ0v) is 12.0. The third kappa shape index (κ3) is 2.85. The van der Waals surface area contributed by atoms with Gasteiger partial charge in [-0.3, -0.25) is 4.79 Å². The summed E-state index contributed by atoms with van der Waals surface area (Å²) in [6, 6.07) is 2.19. The number of carbonyl (C=O) groups excluding carboxylic acids is 1. The minimum absolute atomic E-state index is 0.143. The summed E-state index contributed by atoms with van der Waals surface area (Å²) in [5.41, 5.74) is -0.105. The average Bonchev–Trinajstić information content (AvgIpc) is 2.85. The molecule has 1 rings (SSSR count). The summed E-state index contributed by atoms with van der Waals surface area (Å²) in [7, 11) is 0. The van der Waals surface area contributed by atoms with Crippen LogP contribution in [0.5, 0.6) is 0 Å². The maximum atomic E-state index is 12.2. The Morgan fingerprint density at radius 2 is 2.11 bits per heavy atom. The maximum Gasteiger partial charge on any atom is 0.266 e. The molecule has 5 nitrogen and oxygen atoms in total. The van der Waals surface area contributed by atoms with Crippen molar-refractivity contribution in [2.75, 3.05) is 0 Å². The van der Waals surface area contributed by atoms with Gasteiger partial charge >= 0.3 is 0 Å². The molecule has 0 unspecified atom stereocenters. The molecule has 0 spiro atoms. The molecule has 0 aromatic carbocycles. The maximum absolute atomic E-state index is 12.2. The van der Waals surface area contributed by atoms with Gasteiger partial charge in [0.1, 0.15) is 10.4 Å². The molecule has 1 amide bonds. The molecule has 0 radical (unpaired) electrons. The van der Waals surface area contributed by atoms with Crippen LogP contribution in [0.4, 0.5) is 0 Å². The summed E-state index contributed by atoms with van der Waals surface area (Å²) in [6.07, 6.45) is 1.16. The van der Waals surface area contributed by atoms with Crippen molar-refractivity contribution in [2.45, 2.75) is 52.0 Å². The van der Waals surface area contributed by atoms with Crippen molar-refractivity contribution in [3.63, 3.8) is 0 Å². The van der Waals surface area contributed by atoms with E-state index in [9.17, 15) is 10.1 Å². The van der Waals surface area contributed by atoms with E-state index < -0.39 is 5.54 Å². The molecule has 0 saturated heterocycles. The summed E-state index contributed by atoms with van der Waals surface area (Å²) in [5, 5.41) is 16.0. The van der Waals surface area contributed by atoms with Gasteiger partial charge in [0, 0.05) is 0 Å². The number of aromatic nitrogens is 2. The number of hydrogen-bond donors (Lipinski definition) is 1. The van der Waals surface area contributed by atoms with Gasteiger partial charge in [0.15, 0.2) is 0 Å². The second-order valence-corrected chi connectivity index (χ2v) is 5.25. The van der Waals surface area contributed by atoms with Gasteiger partial charge in [-0.15, -0.1) is 5.10 Å². The van der Waals surface area contributed by atoms with Crippen LogP contribution in [0.25, 0.3) is 0 Å². The smallest absolute Gasteiger partial charge is 0.266 e. The lowest BCUT2D eigenvalue weighted by atomic mass is 9.94. The Hall–Kier alpha value is -1.48. The molecule has 0 bridgehead atoms. The number of carbonyl (C=O) groups is 1. The fourth-order valence-electron chi connectivity index (χ4n) is 1.62. The molecule has 0 aliphatic carbocycles. The first-order valence-electron chi connectivity index (χ1n) is 6.05. The van der Waals surface area contributed by atoms with Gasteiger partial charge in [-0.05, 0) is 30.3 Å². The topological polar surface area (TPSA) is 78.7 Å². The quantitative estimate of drug-likeness (QED) is 0.888. The zero-order chi connectivity index (χ0) is 13.8. The van der Waals surface area contributed by atoms with E-state index in [-0.39, 0.29) is 11.8 Å². The van der Waals surface area contributed by atoms with Gasteiger partial charge in [-0.25, -0.2) is 0 Å². The third-order valence-corrected chi connectivity index (χ3v) is 3.78. The van der Waals surface area contributed by atoms with Crippen LogP contribution in [0.2, 0.25) is 0 Å². The molecule has 1 heterocycles. The van der Waals surface area contributed by atoms with E-state index in [0.29, 0.717) is 23.4 Å². The summed E-state index contributed by atoms with van der Waals surface area (Å²) in [6.45, 7) is 7.71. The third-order valence-electron chi connectivity index (χ3n) is 3.04. The lowest BCUT2D eigenvalue weighted by molar-refractivity contribution is 0.0918. The van der Waals surface area contributed by atoms with E-state index in [1.54, 1.807) is 0 Å². The van der Waals surface area contributed by atoms with Crippen molar-refractivity contribution in [3.8, 4) is 6.07 Å². The van der Waals surface area contributed by atoms with Crippen LogP contribution in [0.15, 0.2) is 0 Å². The first-order chi connectivity index (χ1) is 8.49. The van der Waals surface area contributed by atoms with E-state index >= 15 is 0 Å². The number of amides is 1. The van der Waals surface area contributed by atoms with Crippen LogP contribution < -0.4 is 5.32 Å². The van der Waals surface area contributed by atoms with Crippen molar-refractivity contribution >= 4 is 17.4 Å². The van der Waals surface area contributed by atoms with E-state index in [4.69, 9.17) is 0 Å². The first kappa shape index (κ1) is 14.6. The first-order valence-corrected chi connectivity index (χ1v) is 6.83. The highest BCUT2D eigenvalue weighted by molar-refractivity contribution is 7.08. The van der Waals surface area contributed by atoms with Crippen LogP contribution in [0, 0.1) is 11.3 Å². The number of nitriles is 1. The van der Waals surface area contributed by atoms with Crippen molar-refractivity contribution in [3.05, 3.63) is 10.6 Å². The normalized spacial score (nSPS) is 11.3. The Balaban J connectivity index is 2.95. The molecule has 98 valence electrons. The molecular formula is C12H18N4OS. The van der Waals surface area contributed by atoms with Gasteiger partial charge in [0.05, 0.1) is 11.8 Å². The second kappa shape index (κ2) is 5.91. The molecule has 1 aromatic rings. The largest absolute Gasteiger partial charge is 0.333 e. The van der Waals surface area contributed by atoms with Crippen LogP contribution >= 0.6 is 11.5 Å². The second-order valence-electron chi connectivity index (χ2n) is 4.50.